The van der Waals surface area contributed by atoms with E-state index in [4.69, 9.17) is 0 Å². The molecule has 0 radical (unpaired) electrons. The van der Waals surface area contributed by atoms with Gasteiger partial charge in [0.25, 0.3) is 5.56 Å². The van der Waals surface area contributed by atoms with E-state index in [2.05, 4.69) is 15.6 Å². The number of fused-ring (bicyclic) bond motifs is 1. The van der Waals surface area contributed by atoms with Crippen molar-refractivity contribution in [2.24, 2.45) is 5.92 Å². The highest BCUT2D eigenvalue weighted by atomic mass is 35.5. The van der Waals surface area contributed by atoms with E-state index in [0.29, 0.717) is 35.3 Å². The van der Waals surface area contributed by atoms with Gasteiger partial charge in [-0.3, -0.25) is 14.0 Å². The third kappa shape index (κ3) is 4.70. The number of aliphatic hydroxyl groups excluding tert-OH is 1. The Kier molecular flexibility index (Phi) is 7.05. The Morgan fingerprint density at radius 2 is 2.38 bits per heavy atom. The fourth-order valence-electron chi connectivity index (χ4n) is 2.43. The van der Waals surface area contributed by atoms with Crippen molar-refractivity contribution in [3.05, 3.63) is 33.7 Å². The molecule has 0 aliphatic carbocycles. The van der Waals surface area contributed by atoms with Crippen LogP contribution in [0.15, 0.2) is 22.4 Å². The monoisotopic (exact) mass is 390 g/mol. The number of amides is 1. The van der Waals surface area contributed by atoms with Crippen LogP contribution >= 0.6 is 35.5 Å². The van der Waals surface area contributed by atoms with Crippen LogP contribution in [-0.2, 0) is 10.5 Å². The van der Waals surface area contributed by atoms with E-state index in [1.54, 1.807) is 6.20 Å². The zero-order chi connectivity index (χ0) is 16.2. The molecule has 1 fully saturated rings. The first kappa shape index (κ1) is 19.2. The Balaban J connectivity index is 0.00000208. The van der Waals surface area contributed by atoms with Gasteiger partial charge in [0.2, 0.25) is 5.91 Å². The molecule has 24 heavy (non-hydrogen) atoms. The van der Waals surface area contributed by atoms with Gasteiger partial charge in [-0.25, -0.2) is 4.98 Å². The highest BCUT2D eigenvalue weighted by Gasteiger charge is 2.24. The molecule has 1 aliphatic rings. The van der Waals surface area contributed by atoms with Gasteiger partial charge in [-0.1, -0.05) is 0 Å². The predicted molar refractivity (Wildman–Crippen MR) is 98.1 cm³/mol. The number of thioether (sulfide) groups is 1. The summed E-state index contributed by atoms with van der Waals surface area (Å²) < 4.78 is 1.51. The van der Waals surface area contributed by atoms with E-state index >= 15 is 0 Å². The molecule has 0 aromatic carbocycles. The summed E-state index contributed by atoms with van der Waals surface area (Å²) in [5, 5.41) is 17.4. The Labute approximate surface area is 153 Å². The van der Waals surface area contributed by atoms with Crippen LogP contribution in [0.25, 0.3) is 4.96 Å². The van der Waals surface area contributed by atoms with Crippen molar-refractivity contribution in [2.75, 3.05) is 25.4 Å². The minimum Gasteiger partial charge on any atom is -0.391 e. The number of hydrogen-bond donors (Lipinski definition) is 3. The second kappa shape index (κ2) is 8.82. The van der Waals surface area contributed by atoms with Crippen molar-refractivity contribution in [1.82, 2.24) is 20.0 Å². The second-order valence-electron chi connectivity index (χ2n) is 5.42. The van der Waals surface area contributed by atoms with E-state index < -0.39 is 6.10 Å². The molecule has 1 aliphatic heterocycles. The normalized spacial score (nSPS) is 20.0. The van der Waals surface area contributed by atoms with Crippen LogP contribution in [0, 0.1) is 5.92 Å². The van der Waals surface area contributed by atoms with Crippen LogP contribution in [0.5, 0.6) is 0 Å². The first-order valence-corrected chi connectivity index (χ1v) is 9.36. The lowest BCUT2D eigenvalue weighted by molar-refractivity contribution is -0.118. The van der Waals surface area contributed by atoms with Crippen LogP contribution in [-0.4, -0.2) is 51.9 Å². The molecule has 1 saturated heterocycles. The predicted octanol–water partition coefficient (Wildman–Crippen LogP) is 0.107. The lowest BCUT2D eigenvalue weighted by Gasteiger charge is -2.13. The minimum absolute atomic E-state index is 0. The lowest BCUT2D eigenvalue weighted by Crippen LogP contribution is -2.35. The van der Waals surface area contributed by atoms with E-state index in [1.807, 2.05) is 5.38 Å². The maximum Gasteiger partial charge on any atom is 0.258 e. The van der Waals surface area contributed by atoms with Gasteiger partial charge < -0.3 is 15.7 Å². The number of carbonyl (C=O) groups is 1. The Morgan fingerprint density at radius 3 is 3.12 bits per heavy atom. The Hall–Kier alpha value is -1.13. The van der Waals surface area contributed by atoms with Gasteiger partial charge in [0.1, 0.15) is 0 Å². The number of rotatable bonds is 6. The van der Waals surface area contributed by atoms with E-state index in [9.17, 15) is 14.7 Å². The molecule has 3 N–H and O–H groups in total. The number of aromatic nitrogens is 2. The highest BCUT2D eigenvalue weighted by molar-refractivity contribution is 7.99. The minimum atomic E-state index is -0.391. The molecule has 7 nitrogen and oxygen atoms in total. The average Bonchev–Trinajstić information content (AvgIpc) is 3.14. The van der Waals surface area contributed by atoms with Gasteiger partial charge >= 0.3 is 0 Å². The van der Waals surface area contributed by atoms with Crippen LogP contribution in [0.3, 0.4) is 0 Å². The molecule has 0 saturated carbocycles. The molecule has 3 heterocycles. The third-order valence-electron chi connectivity index (χ3n) is 3.70. The number of thiazole rings is 1. The molecule has 0 bridgehead atoms. The van der Waals surface area contributed by atoms with E-state index in [1.165, 1.54) is 33.6 Å². The fraction of sp³-hybridized carbons (Fsp3) is 0.500. The number of aliphatic hydroxyl groups is 1. The van der Waals surface area contributed by atoms with E-state index in [0.717, 1.165) is 6.54 Å². The van der Waals surface area contributed by atoms with Crippen molar-refractivity contribution in [1.29, 1.82) is 0 Å². The summed E-state index contributed by atoms with van der Waals surface area (Å²) in [5.41, 5.74) is 0.588. The third-order valence-corrected chi connectivity index (χ3v) is 5.43. The standard InChI is InChI=1S/C14H18N4O3S2.ClH/c19-11-6-15-4-9(11)5-16-12(20)8-22-7-10-3-13(21)18-1-2-23-14(18)17-10;/h1-3,9,11,15,19H,4-8H2,(H,16,20);1H. The van der Waals surface area contributed by atoms with Crippen LogP contribution in [0.2, 0.25) is 0 Å². The highest BCUT2D eigenvalue weighted by Crippen LogP contribution is 2.12. The average molecular weight is 391 g/mol. The van der Waals surface area contributed by atoms with Crippen molar-refractivity contribution < 1.29 is 9.90 Å². The zero-order valence-corrected chi connectivity index (χ0v) is 15.3. The molecule has 2 unspecified atom stereocenters. The molecule has 10 heteroatoms. The molecule has 2 atom stereocenters. The van der Waals surface area contributed by atoms with Crippen molar-refractivity contribution in [2.45, 2.75) is 11.9 Å². The molecular weight excluding hydrogens is 372 g/mol. The summed E-state index contributed by atoms with van der Waals surface area (Å²) in [6.45, 7) is 1.79. The molecule has 0 spiro atoms. The van der Waals surface area contributed by atoms with Gasteiger partial charge in [-0.2, -0.15) is 0 Å². The quantitative estimate of drug-likeness (QED) is 0.647. The first-order chi connectivity index (χ1) is 11.1. The van der Waals surface area contributed by atoms with Gasteiger partial charge in [-0.05, 0) is 0 Å². The van der Waals surface area contributed by atoms with Crippen molar-refractivity contribution in [3.63, 3.8) is 0 Å². The van der Waals surface area contributed by atoms with Gasteiger partial charge in [0.05, 0.1) is 17.6 Å². The molecule has 2 aromatic heterocycles. The lowest BCUT2D eigenvalue weighted by atomic mass is 10.1. The number of halogens is 1. The summed E-state index contributed by atoms with van der Waals surface area (Å²) in [4.78, 5) is 28.7. The largest absolute Gasteiger partial charge is 0.391 e. The van der Waals surface area contributed by atoms with E-state index in [-0.39, 0.29) is 29.8 Å². The Bertz CT molecular complexity index is 751. The maximum atomic E-state index is 11.8. The second-order valence-corrected chi connectivity index (χ2v) is 7.28. The SMILES string of the molecule is Cl.O=C(CSCc1cc(=O)n2ccsc2n1)NCC1CNCC1O. The smallest absolute Gasteiger partial charge is 0.258 e. The zero-order valence-electron chi connectivity index (χ0n) is 12.8. The van der Waals surface area contributed by atoms with Crippen LogP contribution in [0.1, 0.15) is 5.69 Å². The number of hydrogen-bond acceptors (Lipinski definition) is 7. The van der Waals surface area contributed by atoms with Crippen LogP contribution in [0.4, 0.5) is 0 Å². The first-order valence-electron chi connectivity index (χ1n) is 7.32. The summed E-state index contributed by atoms with van der Waals surface area (Å²) in [6, 6.07) is 1.51. The fourth-order valence-corrected chi connectivity index (χ4v) is 3.92. The van der Waals surface area contributed by atoms with Gasteiger partial charge in [0.15, 0.2) is 4.96 Å². The molecule has 2 aromatic rings. The summed E-state index contributed by atoms with van der Waals surface area (Å²) in [5.74, 6) is 0.835. The van der Waals surface area contributed by atoms with Gasteiger partial charge in [-0.15, -0.1) is 35.5 Å². The van der Waals surface area contributed by atoms with Crippen molar-refractivity contribution in [3.8, 4) is 0 Å². The topological polar surface area (TPSA) is 95.7 Å². The molecular formula is C14H19ClN4O3S2. The van der Waals surface area contributed by atoms with Crippen LogP contribution < -0.4 is 16.2 Å². The van der Waals surface area contributed by atoms with Gasteiger partial charge in [0, 0.05) is 48.9 Å². The molecule has 3 rings (SSSR count). The van der Waals surface area contributed by atoms with Crippen molar-refractivity contribution >= 4 is 46.4 Å². The summed E-state index contributed by atoms with van der Waals surface area (Å²) in [7, 11) is 0. The molecule has 132 valence electrons. The number of nitrogens with zero attached hydrogens (tertiary/aromatic N) is 2. The summed E-state index contributed by atoms with van der Waals surface area (Å²) >= 11 is 2.83. The Morgan fingerprint density at radius 1 is 1.54 bits per heavy atom. The summed E-state index contributed by atoms with van der Waals surface area (Å²) in [6.07, 6.45) is 1.31. The number of nitrogens with one attached hydrogen (secondary N) is 2. The number of β-amino-alcohol motifs (C(OH)–C–C–N with tert-alkyl or cyclic N) is 1. The number of carbonyl (C=O) groups excluding carboxylic acids is 1. The molecule has 1 amide bonds. The maximum absolute atomic E-state index is 11.8.